The molecule has 3 aromatic carbocycles. The molecule has 1 aromatic heterocycles. The quantitative estimate of drug-likeness (QED) is 0.478. The number of para-hydroxylation sites is 1. The molecule has 0 saturated heterocycles. The van der Waals surface area contributed by atoms with Crippen molar-refractivity contribution in [2.75, 3.05) is 0 Å². The zero-order valence-corrected chi connectivity index (χ0v) is 16.6. The lowest BCUT2D eigenvalue weighted by atomic mass is 10.1. The maximum atomic E-state index is 12.8. The fourth-order valence-electron chi connectivity index (χ4n) is 3.17. The van der Waals surface area contributed by atoms with E-state index in [0.717, 1.165) is 29.0 Å². The Bertz CT molecular complexity index is 1080. The van der Waals surface area contributed by atoms with Gasteiger partial charge in [-0.05, 0) is 35.4 Å². The van der Waals surface area contributed by atoms with Crippen molar-refractivity contribution in [1.29, 1.82) is 0 Å². The number of rotatable bonds is 8. The molecule has 1 N–H and O–H groups in total. The van der Waals surface area contributed by atoms with E-state index in [1.54, 1.807) is 6.20 Å². The minimum Gasteiger partial charge on any atom is -0.489 e. The SMILES string of the molecule is O=C(NCc1ccc(Cn2cccn2)cc1)c1ccccc1COc1ccccc1. The number of ether oxygens (including phenoxy) is 1. The third-order valence-corrected chi connectivity index (χ3v) is 4.78. The second kappa shape index (κ2) is 9.56. The van der Waals surface area contributed by atoms with Gasteiger partial charge >= 0.3 is 0 Å². The van der Waals surface area contributed by atoms with Gasteiger partial charge in [-0.2, -0.15) is 5.10 Å². The smallest absolute Gasteiger partial charge is 0.251 e. The topological polar surface area (TPSA) is 56.2 Å². The van der Waals surface area contributed by atoms with Crippen molar-refractivity contribution in [2.24, 2.45) is 0 Å². The number of benzene rings is 3. The van der Waals surface area contributed by atoms with Crippen LogP contribution in [-0.4, -0.2) is 15.7 Å². The molecule has 5 nitrogen and oxygen atoms in total. The molecule has 4 rings (SSSR count). The summed E-state index contributed by atoms with van der Waals surface area (Å²) in [7, 11) is 0. The van der Waals surface area contributed by atoms with Crippen LogP contribution in [0.5, 0.6) is 5.75 Å². The summed E-state index contributed by atoms with van der Waals surface area (Å²) in [5.41, 5.74) is 3.69. The molecule has 150 valence electrons. The van der Waals surface area contributed by atoms with E-state index in [1.165, 1.54) is 0 Å². The lowest BCUT2D eigenvalue weighted by molar-refractivity contribution is 0.0948. The van der Waals surface area contributed by atoms with E-state index in [4.69, 9.17) is 4.74 Å². The zero-order valence-electron chi connectivity index (χ0n) is 16.6. The second-order valence-electron chi connectivity index (χ2n) is 6.96. The van der Waals surface area contributed by atoms with Gasteiger partial charge in [0.25, 0.3) is 5.91 Å². The van der Waals surface area contributed by atoms with Crippen molar-refractivity contribution in [3.63, 3.8) is 0 Å². The monoisotopic (exact) mass is 397 g/mol. The van der Waals surface area contributed by atoms with Crippen molar-refractivity contribution in [3.8, 4) is 5.75 Å². The first-order valence-corrected chi connectivity index (χ1v) is 9.87. The number of carbonyl (C=O) groups is 1. The molecule has 0 aliphatic rings. The number of nitrogens with zero attached hydrogens (tertiary/aromatic N) is 2. The van der Waals surface area contributed by atoms with Crippen molar-refractivity contribution in [2.45, 2.75) is 19.7 Å². The lowest BCUT2D eigenvalue weighted by Gasteiger charge is -2.12. The average molecular weight is 397 g/mol. The highest BCUT2D eigenvalue weighted by atomic mass is 16.5. The summed E-state index contributed by atoms with van der Waals surface area (Å²) in [6, 6.07) is 27.2. The van der Waals surface area contributed by atoms with Gasteiger partial charge in [0.1, 0.15) is 12.4 Å². The fraction of sp³-hybridized carbons (Fsp3) is 0.120. The largest absolute Gasteiger partial charge is 0.489 e. The molecular formula is C25H23N3O2. The summed E-state index contributed by atoms with van der Waals surface area (Å²) in [4.78, 5) is 12.8. The molecule has 1 heterocycles. The number of carbonyl (C=O) groups excluding carboxylic acids is 1. The van der Waals surface area contributed by atoms with Crippen LogP contribution in [-0.2, 0) is 19.7 Å². The van der Waals surface area contributed by atoms with E-state index >= 15 is 0 Å². The van der Waals surface area contributed by atoms with Crippen LogP contribution in [0.2, 0.25) is 0 Å². The number of hydrogen-bond donors (Lipinski definition) is 1. The molecule has 0 fully saturated rings. The van der Waals surface area contributed by atoms with Crippen molar-refractivity contribution in [3.05, 3.63) is 120 Å². The molecule has 30 heavy (non-hydrogen) atoms. The summed E-state index contributed by atoms with van der Waals surface area (Å²) in [6.45, 7) is 1.54. The van der Waals surface area contributed by atoms with Gasteiger partial charge in [-0.15, -0.1) is 0 Å². The molecule has 4 aromatic rings. The van der Waals surface area contributed by atoms with E-state index in [9.17, 15) is 4.79 Å². The highest BCUT2D eigenvalue weighted by molar-refractivity contribution is 5.95. The molecular weight excluding hydrogens is 374 g/mol. The minimum atomic E-state index is -0.108. The van der Waals surface area contributed by atoms with Crippen LogP contribution in [0.1, 0.15) is 27.0 Å². The molecule has 0 spiro atoms. The van der Waals surface area contributed by atoms with E-state index in [2.05, 4.69) is 22.5 Å². The third kappa shape index (κ3) is 5.14. The highest BCUT2D eigenvalue weighted by Crippen LogP contribution is 2.15. The van der Waals surface area contributed by atoms with Gasteiger partial charge in [-0.25, -0.2) is 0 Å². The van der Waals surface area contributed by atoms with E-state index in [1.807, 2.05) is 83.7 Å². The first kappa shape index (κ1) is 19.5. The van der Waals surface area contributed by atoms with Crippen molar-refractivity contribution < 1.29 is 9.53 Å². The van der Waals surface area contributed by atoms with E-state index in [-0.39, 0.29) is 5.91 Å². The van der Waals surface area contributed by atoms with Crippen molar-refractivity contribution in [1.82, 2.24) is 15.1 Å². The summed E-state index contributed by atoms with van der Waals surface area (Å²) in [5.74, 6) is 0.672. The van der Waals surface area contributed by atoms with Crippen LogP contribution in [0.3, 0.4) is 0 Å². The lowest BCUT2D eigenvalue weighted by Crippen LogP contribution is -2.24. The van der Waals surface area contributed by atoms with Gasteiger partial charge in [-0.1, -0.05) is 60.7 Å². The zero-order chi connectivity index (χ0) is 20.6. The molecule has 0 aliphatic carbocycles. The summed E-state index contributed by atoms with van der Waals surface area (Å²) in [6.07, 6.45) is 3.71. The van der Waals surface area contributed by atoms with Crippen LogP contribution in [0.15, 0.2) is 97.3 Å². The van der Waals surface area contributed by atoms with Gasteiger partial charge in [0.15, 0.2) is 0 Å². The Morgan fingerprint density at radius 2 is 1.60 bits per heavy atom. The molecule has 0 unspecified atom stereocenters. The summed E-state index contributed by atoms with van der Waals surface area (Å²) >= 11 is 0. The number of nitrogens with one attached hydrogen (secondary N) is 1. The molecule has 1 amide bonds. The maximum Gasteiger partial charge on any atom is 0.251 e. The molecule has 5 heteroatoms. The molecule has 0 atom stereocenters. The Morgan fingerprint density at radius 3 is 2.37 bits per heavy atom. The molecule has 0 saturated carbocycles. The number of aromatic nitrogens is 2. The Labute approximate surface area is 175 Å². The number of amides is 1. The minimum absolute atomic E-state index is 0.108. The summed E-state index contributed by atoms with van der Waals surface area (Å²) in [5, 5.41) is 7.23. The third-order valence-electron chi connectivity index (χ3n) is 4.78. The van der Waals surface area contributed by atoms with Crippen LogP contribution in [0, 0.1) is 0 Å². The van der Waals surface area contributed by atoms with Gasteiger partial charge in [0, 0.05) is 30.1 Å². The Balaban J connectivity index is 1.35. The van der Waals surface area contributed by atoms with E-state index in [0.29, 0.717) is 18.7 Å². The van der Waals surface area contributed by atoms with Gasteiger partial charge in [0.05, 0.1) is 6.54 Å². The average Bonchev–Trinajstić information content (AvgIpc) is 3.31. The normalized spacial score (nSPS) is 10.5. The summed E-state index contributed by atoms with van der Waals surface area (Å²) < 4.78 is 7.69. The second-order valence-corrected chi connectivity index (χ2v) is 6.96. The van der Waals surface area contributed by atoms with Crippen LogP contribution >= 0.6 is 0 Å². The first-order valence-electron chi connectivity index (χ1n) is 9.87. The van der Waals surface area contributed by atoms with Gasteiger partial charge in [-0.3, -0.25) is 9.48 Å². The Kier molecular flexibility index (Phi) is 6.20. The van der Waals surface area contributed by atoms with Crippen LogP contribution < -0.4 is 10.1 Å². The molecule has 0 aliphatic heterocycles. The van der Waals surface area contributed by atoms with Gasteiger partial charge < -0.3 is 10.1 Å². The predicted molar refractivity (Wildman–Crippen MR) is 116 cm³/mol. The maximum absolute atomic E-state index is 12.8. The Morgan fingerprint density at radius 1 is 0.867 bits per heavy atom. The Hall–Kier alpha value is -3.86. The predicted octanol–water partition coefficient (Wildman–Crippen LogP) is 4.44. The van der Waals surface area contributed by atoms with E-state index < -0.39 is 0 Å². The molecule has 0 radical (unpaired) electrons. The van der Waals surface area contributed by atoms with Crippen LogP contribution in [0.4, 0.5) is 0 Å². The number of hydrogen-bond acceptors (Lipinski definition) is 3. The van der Waals surface area contributed by atoms with Crippen molar-refractivity contribution >= 4 is 5.91 Å². The standard InChI is InChI=1S/C25H23N3O2/c29-25(24-10-5-4-7-22(24)19-30-23-8-2-1-3-9-23)26-17-20-11-13-21(14-12-20)18-28-16-6-15-27-28/h1-16H,17-19H2,(H,26,29). The highest BCUT2D eigenvalue weighted by Gasteiger charge is 2.11. The molecule has 0 bridgehead atoms. The van der Waals surface area contributed by atoms with Crippen LogP contribution in [0.25, 0.3) is 0 Å². The first-order chi connectivity index (χ1) is 14.8. The fourth-order valence-corrected chi connectivity index (χ4v) is 3.17. The van der Waals surface area contributed by atoms with Gasteiger partial charge in [0.2, 0.25) is 0 Å².